The van der Waals surface area contributed by atoms with E-state index in [-0.39, 0.29) is 0 Å². The smallest absolute Gasteiger partial charge is 0.165 e. The molecule has 8 nitrogen and oxygen atoms in total. The molecule has 1 unspecified atom stereocenters. The summed E-state index contributed by atoms with van der Waals surface area (Å²) in [5.41, 5.74) is 0. The molecule has 2 aromatic heterocycles. The van der Waals surface area contributed by atoms with E-state index in [0.717, 1.165) is 50.4 Å². The second-order valence-electron chi connectivity index (χ2n) is 5.15. The van der Waals surface area contributed by atoms with Gasteiger partial charge in [-0.05, 0) is 23.3 Å². The maximum atomic E-state index is 4.24. The van der Waals surface area contributed by atoms with E-state index in [1.54, 1.807) is 6.33 Å². The summed E-state index contributed by atoms with van der Waals surface area (Å²) in [5, 5.41) is 19.6. The number of aryl methyl sites for hydroxylation is 2. The van der Waals surface area contributed by atoms with E-state index in [2.05, 4.69) is 37.8 Å². The zero-order chi connectivity index (χ0) is 13.8. The number of nitrogens with one attached hydrogen (secondary N) is 1. The van der Waals surface area contributed by atoms with E-state index in [4.69, 9.17) is 0 Å². The van der Waals surface area contributed by atoms with Crippen LogP contribution in [0.1, 0.15) is 37.8 Å². The molecule has 1 atom stereocenters. The molecule has 1 aliphatic rings. The maximum absolute atomic E-state index is 4.24. The van der Waals surface area contributed by atoms with Crippen molar-refractivity contribution in [3.63, 3.8) is 0 Å². The quantitative estimate of drug-likeness (QED) is 0.809. The highest BCUT2D eigenvalue weighted by Crippen LogP contribution is 2.11. The normalized spacial score (nSPS) is 18.1. The summed E-state index contributed by atoms with van der Waals surface area (Å²) in [5.74, 6) is 1.98. The lowest BCUT2D eigenvalue weighted by molar-refractivity contribution is 0.351. The number of aromatic nitrogens is 7. The van der Waals surface area contributed by atoms with Crippen molar-refractivity contribution in [2.24, 2.45) is 0 Å². The molecule has 8 heteroatoms. The van der Waals surface area contributed by atoms with E-state index in [0.29, 0.717) is 12.6 Å². The predicted octanol–water partition coefficient (Wildman–Crippen LogP) is 0.169. The Morgan fingerprint density at radius 1 is 1.45 bits per heavy atom. The second kappa shape index (κ2) is 6.08. The number of hydrogen-bond donors (Lipinski definition) is 1. The van der Waals surface area contributed by atoms with E-state index < -0.39 is 0 Å². The van der Waals surface area contributed by atoms with Gasteiger partial charge in [-0.1, -0.05) is 13.3 Å². The number of hydrogen-bond acceptors (Lipinski definition) is 6. The minimum absolute atomic E-state index is 0.403. The Morgan fingerprint density at radius 2 is 2.40 bits per heavy atom. The van der Waals surface area contributed by atoms with Gasteiger partial charge in [-0.15, -0.1) is 5.10 Å². The van der Waals surface area contributed by atoms with Gasteiger partial charge < -0.3 is 5.32 Å². The molecule has 0 bridgehead atoms. The Labute approximate surface area is 117 Å². The molecule has 0 aliphatic carbocycles. The van der Waals surface area contributed by atoms with Crippen LogP contribution in [-0.2, 0) is 26.1 Å². The maximum Gasteiger partial charge on any atom is 0.165 e. The fraction of sp³-hybridized carbons (Fsp3) is 0.750. The number of fused-ring (bicyclic) bond motifs is 1. The molecular formula is C12H20N8. The summed E-state index contributed by atoms with van der Waals surface area (Å²) in [6, 6.07) is 0.403. The Balaban J connectivity index is 1.54. The standard InChI is InChI=1S/C12H20N8/c1-2-3-6-19-12(16-17-18-19)7-13-10-4-5-11-14-9-15-20(11)8-10/h9-10,13H,2-8H2,1H3. The lowest BCUT2D eigenvalue weighted by Crippen LogP contribution is -2.38. The first kappa shape index (κ1) is 13.2. The van der Waals surface area contributed by atoms with Crippen LogP contribution < -0.4 is 5.32 Å². The summed E-state index contributed by atoms with van der Waals surface area (Å²) in [4.78, 5) is 4.24. The first-order valence-electron chi connectivity index (χ1n) is 7.22. The molecular weight excluding hydrogens is 256 g/mol. The van der Waals surface area contributed by atoms with Gasteiger partial charge in [-0.3, -0.25) is 0 Å². The first-order chi connectivity index (χ1) is 9.86. The van der Waals surface area contributed by atoms with Crippen molar-refractivity contribution in [3.8, 4) is 0 Å². The Morgan fingerprint density at radius 3 is 3.30 bits per heavy atom. The molecule has 1 N–H and O–H groups in total. The summed E-state index contributed by atoms with van der Waals surface area (Å²) in [7, 11) is 0. The summed E-state index contributed by atoms with van der Waals surface area (Å²) in [6.45, 7) is 4.62. The van der Waals surface area contributed by atoms with Crippen molar-refractivity contribution in [3.05, 3.63) is 18.0 Å². The predicted molar refractivity (Wildman–Crippen MR) is 71.7 cm³/mol. The van der Waals surface area contributed by atoms with E-state index >= 15 is 0 Å². The molecule has 1 aliphatic heterocycles. The highest BCUT2D eigenvalue weighted by molar-refractivity contribution is 4.93. The molecule has 0 radical (unpaired) electrons. The fourth-order valence-corrected chi connectivity index (χ4v) is 2.47. The van der Waals surface area contributed by atoms with Gasteiger partial charge in [0, 0.05) is 19.0 Å². The van der Waals surface area contributed by atoms with Gasteiger partial charge in [-0.25, -0.2) is 14.3 Å². The van der Waals surface area contributed by atoms with E-state index in [9.17, 15) is 0 Å². The molecule has 0 spiro atoms. The van der Waals surface area contributed by atoms with Crippen LogP contribution in [0.15, 0.2) is 6.33 Å². The Kier molecular flexibility index (Phi) is 4.00. The van der Waals surface area contributed by atoms with Crippen molar-refractivity contribution in [2.45, 2.75) is 58.3 Å². The van der Waals surface area contributed by atoms with Crippen LogP contribution in [0.5, 0.6) is 0 Å². The number of rotatable bonds is 6. The minimum atomic E-state index is 0.403. The van der Waals surface area contributed by atoms with Crippen molar-refractivity contribution < 1.29 is 0 Å². The van der Waals surface area contributed by atoms with Crippen LogP contribution in [-0.4, -0.2) is 41.0 Å². The van der Waals surface area contributed by atoms with E-state index in [1.807, 2.05) is 9.36 Å². The average Bonchev–Trinajstić information content (AvgIpc) is 3.11. The van der Waals surface area contributed by atoms with Crippen LogP contribution in [0.25, 0.3) is 0 Å². The molecule has 2 aromatic rings. The zero-order valence-electron chi connectivity index (χ0n) is 11.7. The third-order valence-corrected chi connectivity index (χ3v) is 3.68. The van der Waals surface area contributed by atoms with Gasteiger partial charge in [0.05, 0.1) is 13.1 Å². The summed E-state index contributed by atoms with van der Waals surface area (Å²) < 4.78 is 3.86. The largest absolute Gasteiger partial charge is 0.305 e. The number of unbranched alkanes of at least 4 members (excludes halogenated alkanes) is 1. The topological polar surface area (TPSA) is 86.3 Å². The van der Waals surface area contributed by atoms with Crippen LogP contribution in [0.3, 0.4) is 0 Å². The number of tetrazole rings is 1. The van der Waals surface area contributed by atoms with Crippen molar-refractivity contribution in [1.29, 1.82) is 0 Å². The Hall–Kier alpha value is -1.83. The Bertz CT molecular complexity index is 545. The number of nitrogens with zero attached hydrogens (tertiary/aromatic N) is 7. The lowest BCUT2D eigenvalue weighted by atomic mass is 10.1. The van der Waals surface area contributed by atoms with Gasteiger partial charge >= 0.3 is 0 Å². The summed E-state index contributed by atoms with van der Waals surface area (Å²) in [6.07, 6.45) is 5.92. The van der Waals surface area contributed by atoms with Gasteiger partial charge in [0.1, 0.15) is 12.2 Å². The molecule has 20 heavy (non-hydrogen) atoms. The molecule has 0 amide bonds. The van der Waals surface area contributed by atoms with Crippen LogP contribution >= 0.6 is 0 Å². The van der Waals surface area contributed by atoms with Crippen LogP contribution in [0, 0.1) is 0 Å². The SMILES string of the molecule is CCCCn1nnnc1CNC1CCc2ncnn2C1. The molecule has 0 saturated carbocycles. The molecule has 3 heterocycles. The van der Waals surface area contributed by atoms with Gasteiger partial charge in [0.15, 0.2) is 5.82 Å². The molecule has 0 fully saturated rings. The van der Waals surface area contributed by atoms with Crippen LogP contribution in [0.4, 0.5) is 0 Å². The first-order valence-corrected chi connectivity index (χ1v) is 7.22. The second-order valence-corrected chi connectivity index (χ2v) is 5.15. The fourth-order valence-electron chi connectivity index (χ4n) is 2.47. The third kappa shape index (κ3) is 2.84. The lowest BCUT2D eigenvalue weighted by Gasteiger charge is -2.23. The molecule has 0 saturated heterocycles. The molecule has 108 valence electrons. The van der Waals surface area contributed by atoms with Gasteiger partial charge in [0.2, 0.25) is 0 Å². The van der Waals surface area contributed by atoms with Gasteiger partial charge in [0.25, 0.3) is 0 Å². The van der Waals surface area contributed by atoms with Crippen molar-refractivity contribution in [2.75, 3.05) is 0 Å². The van der Waals surface area contributed by atoms with Crippen LogP contribution in [0.2, 0.25) is 0 Å². The van der Waals surface area contributed by atoms with Crippen molar-refractivity contribution >= 4 is 0 Å². The highest BCUT2D eigenvalue weighted by atomic mass is 15.5. The van der Waals surface area contributed by atoms with Crippen molar-refractivity contribution in [1.82, 2.24) is 40.3 Å². The highest BCUT2D eigenvalue weighted by Gasteiger charge is 2.19. The van der Waals surface area contributed by atoms with Gasteiger partial charge in [-0.2, -0.15) is 5.10 Å². The molecule has 3 rings (SSSR count). The minimum Gasteiger partial charge on any atom is -0.305 e. The summed E-state index contributed by atoms with van der Waals surface area (Å²) >= 11 is 0. The molecule has 0 aromatic carbocycles. The third-order valence-electron chi connectivity index (χ3n) is 3.68. The zero-order valence-corrected chi connectivity index (χ0v) is 11.7. The monoisotopic (exact) mass is 276 g/mol. The van der Waals surface area contributed by atoms with E-state index in [1.165, 1.54) is 0 Å². The average molecular weight is 276 g/mol.